The number of benzene rings is 2. The molecule has 98 valence electrons. The minimum absolute atomic E-state index is 0.363. The quantitative estimate of drug-likeness (QED) is 0.823. The monoisotopic (exact) mass is 253 g/mol. The first-order chi connectivity index (χ1) is 9.13. The Labute approximate surface area is 114 Å². The Balaban J connectivity index is 2.01. The highest BCUT2D eigenvalue weighted by molar-refractivity contribution is 5.73. The van der Waals surface area contributed by atoms with E-state index >= 15 is 0 Å². The number of nitrogens with one attached hydrogen (secondary N) is 1. The number of hydrogen-bond donors (Lipinski definition) is 1. The second-order valence-electron chi connectivity index (χ2n) is 5.37. The lowest BCUT2D eigenvalue weighted by Crippen LogP contribution is -2.28. The van der Waals surface area contributed by atoms with Gasteiger partial charge in [0.05, 0.1) is 11.7 Å². The van der Waals surface area contributed by atoms with Gasteiger partial charge in [0.25, 0.3) is 0 Å². The molecule has 19 heavy (non-hydrogen) atoms. The third kappa shape index (κ3) is 2.30. The van der Waals surface area contributed by atoms with Crippen LogP contribution in [-0.4, -0.2) is 12.6 Å². The molecule has 3 rings (SSSR count). The molecule has 2 aromatic rings. The number of aryl methyl sites for hydroxylation is 2. The van der Waals surface area contributed by atoms with Gasteiger partial charge in [-0.15, -0.1) is 0 Å². The molecule has 1 N–H and O–H groups in total. The summed E-state index contributed by atoms with van der Waals surface area (Å²) in [6.45, 7) is 7.16. The molecule has 0 aromatic heterocycles. The molecule has 0 amide bonds. The first-order valence-corrected chi connectivity index (χ1v) is 6.74. The van der Waals surface area contributed by atoms with Crippen LogP contribution in [0.1, 0.15) is 18.1 Å². The molecular formula is C17H19NO. The highest BCUT2D eigenvalue weighted by Crippen LogP contribution is 2.33. The Morgan fingerprint density at radius 2 is 1.74 bits per heavy atom. The molecule has 1 heterocycles. The Bertz CT molecular complexity index is 619. The fourth-order valence-electron chi connectivity index (χ4n) is 2.39. The van der Waals surface area contributed by atoms with E-state index in [1.807, 2.05) is 0 Å². The van der Waals surface area contributed by atoms with E-state index in [0.29, 0.717) is 6.04 Å². The van der Waals surface area contributed by atoms with Gasteiger partial charge in [-0.05, 0) is 55.2 Å². The topological polar surface area (TPSA) is 21.3 Å². The molecule has 2 nitrogen and oxygen atoms in total. The predicted octanol–water partition coefficient (Wildman–Crippen LogP) is 4.16. The van der Waals surface area contributed by atoms with Crippen LogP contribution in [0.25, 0.3) is 11.1 Å². The molecule has 0 aliphatic carbocycles. The van der Waals surface area contributed by atoms with Crippen molar-refractivity contribution in [1.82, 2.24) is 0 Å². The zero-order chi connectivity index (χ0) is 13.4. The second-order valence-corrected chi connectivity index (χ2v) is 5.37. The van der Waals surface area contributed by atoms with Crippen molar-refractivity contribution < 1.29 is 4.74 Å². The van der Waals surface area contributed by atoms with E-state index in [2.05, 4.69) is 62.5 Å². The molecule has 0 saturated heterocycles. The summed E-state index contributed by atoms with van der Waals surface area (Å²) >= 11 is 0. The molecule has 1 atom stereocenters. The first-order valence-electron chi connectivity index (χ1n) is 6.74. The molecule has 0 bridgehead atoms. The maximum Gasteiger partial charge on any atom is 0.142 e. The van der Waals surface area contributed by atoms with Crippen LogP contribution in [-0.2, 0) is 0 Å². The van der Waals surface area contributed by atoms with Gasteiger partial charge in [-0.1, -0.05) is 24.3 Å². The van der Waals surface area contributed by atoms with Crippen LogP contribution >= 0.6 is 0 Å². The molecule has 0 radical (unpaired) electrons. The van der Waals surface area contributed by atoms with Crippen LogP contribution < -0.4 is 10.1 Å². The Morgan fingerprint density at radius 3 is 2.53 bits per heavy atom. The summed E-state index contributed by atoms with van der Waals surface area (Å²) in [7, 11) is 0. The van der Waals surface area contributed by atoms with E-state index in [-0.39, 0.29) is 0 Å². The Hall–Kier alpha value is -1.96. The summed E-state index contributed by atoms with van der Waals surface area (Å²) in [6.07, 6.45) is 0. The Morgan fingerprint density at radius 1 is 1.00 bits per heavy atom. The average Bonchev–Trinajstić information content (AvgIpc) is 2.41. The average molecular weight is 253 g/mol. The van der Waals surface area contributed by atoms with Crippen molar-refractivity contribution in [2.24, 2.45) is 0 Å². The third-order valence-corrected chi connectivity index (χ3v) is 3.71. The van der Waals surface area contributed by atoms with Crippen molar-refractivity contribution in [1.29, 1.82) is 0 Å². The summed E-state index contributed by atoms with van der Waals surface area (Å²) in [5.74, 6) is 0.950. The summed E-state index contributed by atoms with van der Waals surface area (Å²) in [4.78, 5) is 0. The zero-order valence-electron chi connectivity index (χ0n) is 11.7. The highest BCUT2D eigenvalue weighted by atomic mass is 16.5. The van der Waals surface area contributed by atoms with Crippen LogP contribution in [0, 0.1) is 13.8 Å². The summed E-state index contributed by atoms with van der Waals surface area (Å²) in [6, 6.07) is 13.3. The summed E-state index contributed by atoms with van der Waals surface area (Å²) in [5.41, 5.74) is 6.23. The standard InChI is InChI=1S/C17H19NO/c1-11-4-5-14(8-12(11)2)15-6-7-17-16(9-15)18-13(3)10-19-17/h4-9,13,18H,10H2,1-3H3. The molecule has 0 saturated carbocycles. The lowest BCUT2D eigenvalue weighted by atomic mass is 9.99. The lowest BCUT2D eigenvalue weighted by molar-refractivity contribution is 0.292. The van der Waals surface area contributed by atoms with Crippen molar-refractivity contribution in [2.45, 2.75) is 26.8 Å². The fourth-order valence-corrected chi connectivity index (χ4v) is 2.39. The SMILES string of the molecule is Cc1ccc(-c2ccc3c(c2)NC(C)CO3)cc1C. The maximum atomic E-state index is 5.71. The molecule has 2 heteroatoms. The van der Waals surface area contributed by atoms with Crippen LogP contribution in [0.2, 0.25) is 0 Å². The van der Waals surface area contributed by atoms with E-state index in [9.17, 15) is 0 Å². The van der Waals surface area contributed by atoms with Gasteiger partial charge in [0.2, 0.25) is 0 Å². The minimum Gasteiger partial charge on any atom is -0.489 e. The minimum atomic E-state index is 0.363. The summed E-state index contributed by atoms with van der Waals surface area (Å²) < 4.78 is 5.71. The van der Waals surface area contributed by atoms with Crippen LogP contribution in [0.5, 0.6) is 5.75 Å². The normalized spacial score (nSPS) is 17.3. The lowest BCUT2D eigenvalue weighted by Gasteiger charge is -2.25. The van der Waals surface area contributed by atoms with Crippen LogP contribution in [0.3, 0.4) is 0 Å². The predicted molar refractivity (Wildman–Crippen MR) is 79.9 cm³/mol. The van der Waals surface area contributed by atoms with Gasteiger partial charge < -0.3 is 10.1 Å². The fraction of sp³-hybridized carbons (Fsp3) is 0.294. The first kappa shape index (κ1) is 12.1. The molecule has 0 spiro atoms. The van der Waals surface area contributed by atoms with E-state index in [1.165, 1.54) is 22.3 Å². The molecule has 0 fully saturated rings. The van der Waals surface area contributed by atoms with E-state index in [0.717, 1.165) is 18.0 Å². The highest BCUT2D eigenvalue weighted by Gasteiger charge is 2.15. The van der Waals surface area contributed by atoms with Gasteiger partial charge >= 0.3 is 0 Å². The van der Waals surface area contributed by atoms with E-state index in [1.54, 1.807) is 0 Å². The third-order valence-electron chi connectivity index (χ3n) is 3.71. The number of anilines is 1. The van der Waals surface area contributed by atoms with Gasteiger partial charge in [-0.2, -0.15) is 0 Å². The van der Waals surface area contributed by atoms with Gasteiger partial charge in [0.1, 0.15) is 12.4 Å². The molecule has 1 aliphatic heterocycles. The van der Waals surface area contributed by atoms with E-state index < -0.39 is 0 Å². The molecule has 2 aromatic carbocycles. The van der Waals surface area contributed by atoms with Crippen molar-refractivity contribution in [3.05, 3.63) is 47.5 Å². The Kier molecular flexibility index (Phi) is 2.94. The number of hydrogen-bond acceptors (Lipinski definition) is 2. The number of ether oxygens (including phenoxy) is 1. The van der Waals surface area contributed by atoms with Crippen LogP contribution in [0.4, 0.5) is 5.69 Å². The zero-order valence-corrected chi connectivity index (χ0v) is 11.7. The van der Waals surface area contributed by atoms with Gasteiger partial charge in [-0.3, -0.25) is 0 Å². The van der Waals surface area contributed by atoms with Crippen molar-refractivity contribution in [2.75, 3.05) is 11.9 Å². The van der Waals surface area contributed by atoms with Gasteiger partial charge in [0.15, 0.2) is 0 Å². The van der Waals surface area contributed by atoms with Crippen LogP contribution in [0.15, 0.2) is 36.4 Å². The van der Waals surface area contributed by atoms with Crippen molar-refractivity contribution >= 4 is 5.69 Å². The number of rotatable bonds is 1. The van der Waals surface area contributed by atoms with Crippen molar-refractivity contribution in [3.63, 3.8) is 0 Å². The van der Waals surface area contributed by atoms with Crippen molar-refractivity contribution in [3.8, 4) is 16.9 Å². The number of fused-ring (bicyclic) bond motifs is 1. The molecule has 1 aliphatic rings. The molecular weight excluding hydrogens is 234 g/mol. The smallest absolute Gasteiger partial charge is 0.142 e. The molecule has 1 unspecified atom stereocenters. The second kappa shape index (κ2) is 4.61. The van der Waals surface area contributed by atoms with Gasteiger partial charge in [-0.25, -0.2) is 0 Å². The summed E-state index contributed by atoms with van der Waals surface area (Å²) in [5, 5.41) is 3.47. The van der Waals surface area contributed by atoms with Gasteiger partial charge in [0, 0.05) is 0 Å². The van der Waals surface area contributed by atoms with E-state index in [4.69, 9.17) is 4.74 Å². The maximum absolute atomic E-state index is 5.71. The largest absolute Gasteiger partial charge is 0.489 e.